The van der Waals surface area contributed by atoms with Crippen molar-refractivity contribution in [3.8, 4) is 0 Å². The minimum absolute atomic E-state index is 0.0357. The second-order valence-corrected chi connectivity index (χ2v) is 11.5. The SMILES string of the molecule is CCCCCOC(=O)C1=C(C(=O)N(C(=O)c2cccc(F)c2)c2cc(SCC(=O)OCCCC)c(Cl)cc2F)CCCC1. The molecule has 11 heteroatoms. The van der Waals surface area contributed by atoms with Gasteiger partial charge in [0.1, 0.15) is 11.6 Å². The summed E-state index contributed by atoms with van der Waals surface area (Å²) in [6.45, 7) is 4.44. The van der Waals surface area contributed by atoms with Crippen molar-refractivity contribution in [3.63, 3.8) is 0 Å². The van der Waals surface area contributed by atoms with E-state index >= 15 is 4.39 Å². The second kappa shape index (κ2) is 17.2. The molecule has 0 radical (unpaired) electrons. The minimum Gasteiger partial charge on any atom is -0.465 e. The van der Waals surface area contributed by atoms with Gasteiger partial charge < -0.3 is 9.47 Å². The normalized spacial score (nSPS) is 13.0. The van der Waals surface area contributed by atoms with Crippen molar-refractivity contribution < 1.29 is 37.4 Å². The zero-order valence-electron chi connectivity index (χ0n) is 24.4. The van der Waals surface area contributed by atoms with Gasteiger partial charge in [-0.15, -0.1) is 11.8 Å². The molecule has 43 heavy (non-hydrogen) atoms. The van der Waals surface area contributed by atoms with Crippen LogP contribution < -0.4 is 4.90 Å². The molecule has 2 aromatic carbocycles. The average Bonchev–Trinajstić information content (AvgIpc) is 2.99. The highest BCUT2D eigenvalue weighted by Gasteiger charge is 2.34. The van der Waals surface area contributed by atoms with E-state index in [9.17, 15) is 23.6 Å². The first kappa shape index (κ1) is 34.3. The number of anilines is 1. The van der Waals surface area contributed by atoms with E-state index in [2.05, 4.69) is 0 Å². The Bertz CT molecular complexity index is 1370. The molecule has 0 aliphatic heterocycles. The van der Waals surface area contributed by atoms with Crippen LogP contribution in [-0.4, -0.2) is 42.7 Å². The molecule has 0 atom stereocenters. The molecule has 0 aromatic heterocycles. The first-order valence-electron chi connectivity index (χ1n) is 14.5. The van der Waals surface area contributed by atoms with E-state index < -0.39 is 41.1 Å². The molecule has 2 amide bonds. The third-order valence-corrected chi connectivity index (χ3v) is 8.23. The number of benzene rings is 2. The summed E-state index contributed by atoms with van der Waals surface area (Å²) in [5.41, 5.74) is -0.459. The molecular formula is C32H36ClF2NO6S. The number of halogens is 3. The van der Waals surface area contributed by atoms with Gasteiger partial charge in [-0.3, -0.25) is 14.4 Å². The summed E-state index contributed by atoms with van der Waals surface area (Å²) in [7, 11) is 0. The maximum absolute atomic E-state index is 15.5. The van der Waals surface area contributed by atoms with Gasteiger partial charge in [-0.25, -0.2) is 18.5 Å². The van der Waals surface area contributed by atoms with Gasteiger partial charge in [0.25, 0.3) is 11.8 Å². The molecule has 0 bridgehead atoms. The van der Waals surface area contributed by atoms with Crippen LogP contribution in [0.5, 0.6) is 0 Å². The molecule has 0 heterocycles. The number of esters is 2. The number of hydrogen-bond donors (Lipinski definition) is 0. The van der Waals surface area contributed by atoms with E-state index in [4.69, 9.17) is 21.1 Å². The van der Waals surface area contributed by atoms with Crippen LogP contribution in [0.15, 0.2) is 52.4 Å². The van der Waals surface area contributed by atoms with Crippen LogP contribution in [0.2, 0.25) is 5.02 Å². The highest BCUT2D eigenvalue weighted by molar-refractivity contribution is 8.00. The summed E-state index contributed by atoms with van der Waals surface area (Å²) >= 11 is 7.24. The highest BCUT2D eigenvalue weighted by Crippen LogP contribution is 2.36. The summed E-state index contributed by atoms with van der Waals surface area (Å²) in [6.07, 6.45) is 5.69. The fraction of sp³-hybridized carbons (Fsp3) is 0.438. The Kier molecular flexibility index (Phi) is 13.7. The Morgan fingerprint density at radius 1 is 0.884 bits per heavy atom. The zero-order chi connectivity index (χ0) is 31.4. The van der Waals surface area contributed by atoms with Crippen molar-refractivity contribution in [1.82, 2.24) is 0 Å². The molecule has 0 spiro atoms. The predicted octanol–water partition coefficient (Wildman–Crippen LogP) is 7.83. The third-order valence-electron chi connectivity index (χ3n) is 6.78. The first-order chi connectivity index (χ1) is 20.7. The van der Waals surface area contributed by atoms with E-state index in [1.54, 1.807) is 0 Å². The van der Waals surface area contributed by atoms with Crippen LogP contribution in [-0.2, 0) is 23.9 Å². The number of thioether (sulfide) groups is 1. The summed E-state index contributed by atoms with van der Waals surface area (Å²) in [6, 6.07) is 6.82. The lowest BCUT2D eigenvalue weighted by Crippen LogP contribution is -2.40. The second-order valence-electron chi connectivity index (χ2n) is 10.1. The van der Waals surface area contributed by atoms with Crippen molar-refractivity contribution in [2.75, 3.05) is 23.9 Å². The number of rotatable bonds is 14. The molecule has 1 aliphatic rings. The lowest BCUT2D eigenvalue weighted by Gasteiger charge is -2.26. The maximum atomic E-state index is 15.5. The van der Waals surface area contributed by atoms with E-state index in [0.29, 0.717) is 30.6 Å². The molecule has 2 aromatic rings. The minimum atomic E-state index is -0.991. The van der Waals surface area contributed by atoms with Gasteiger partial charge >= 0.3 is 11.9 Å². The maximum Gasteiger partial charge on any atom is 0.334 e. The van der Waals surface area contributed by atoms with Crippen LogP contribution in [0.3, 0.4) is 0 Å². The van der Waals surface area contributed by atoms with E-state index in [-0.39, 0.29) is 58.4 Å². The summed E-state index contributed by atoms with van der Waals surface area (Å²) in [5, 5.41) is -0.0357. The van der Waals surface area contributed by atoms with Gasteiger partial charge in [-0.1, -0.05) is 50.8 Å². The lowest BCUT2D eigenvalue weighted by molar-refractivity contribution is -0.141. The van der Waals surface area contributed by atoms with Crippen molar-refractivity contribution >= 4 is 52.8 Å². The number of unbranched alkanes of at least 4 members (excludes halogenated alkanes) is 3. The fourth-order valence-electron chi connectivity index (χ4n) is 4.48. The summed E-state index contributed by atoms with van der Waals surface area (Å²) < 4.78 is 40.2. The van der Waals surface area contributed by atoms with Crippen molar-refractivity contribution in [2.24, 2.45) is 0 Å². The highest BCUT2D eigenvalue weighted by atomic mass is 35.5. The van der Waals surface area contributed by atoms with Crippen LogP contribution in [0, 0.1) is 11.6 Å². The van der Waals surface area contributed by atoms with Crippen molar-refractivity contribution in [2.45, 2.75) is 76.5 Å². The van der Waals surface area contributed by atoms with Crippen LogP contribution in [0.4, 0.5) is 14.5 Å². The number of carbonyl (C=O) groups is 4. The van der Waals surface area contributed by atoms with Gasteiger partial charge in [-0.2, -0.15) is 0 Å². The molecule has 0 N–H and O–H groups in total. The Hall–Kier alpha value is -3.24. The predicted molar refractivity (Wildman–Crippen MR) is 162 cm³/mol. The lowest BCUT2D eigenvalue weighted by atomic mass is 9.90. The van der Waals surface area contributed by atoms with Crippen molar-refractivity contribution in [3.05, 3.63) is 69.8 Å². The van der Waals surface area contributed by atoms with Crippen molar-refractivity contribution in [1.29, 1.82) is 0 Å². The molecule has 0 saturated heterocycles. The van der Waals surface area contributed by atoms with Gasteiger partial charge in [0.05, 0.1) is 29.7 Å². The average molecular weight is 636 g/mol. The zero-order valence-corrected chi connectivity index (χ0v) is 26.0. The number of ether oxygens (including phenoxy) is 2. The van der Waals surface area contributed by atoms with E-state index in [0.717, 1.165) is 49.2 Å². The number of amides is 2. The Labute approximate surface area is 259 Å². The Balaban J connectivity index is 2.03. The van der Waals surface area contributed by atoms with Gasteiger partial charge in [0.2, 0.25) is 0 Å². The van der Waals surface area contributed by atoms with Crippen LogP contribution >= 0.6 is 23.4 Å². The quantitative estimate of drug-likeness (QED) is 0.0904. The van der Waals surface area contributed by atoms with Gasteiger partial charge in [0.15, 0.2) is 0 Å². The number of imide groups is 1. The van der Waals surface area contributed by atoms with Gasteiger partial charge in [-0.05, 0) is 68.9 Å². The van der Waals surface area contributed by atoms with Crippen LogP contribution in [0.25, 0.3) is 0 Å². The smallest absolute Gasteiger partial charge is 0.334 e. The fourth-order valence-corrected chi connectivity index (χ4v) is 5.54. The summed E-state index contributed by atoms with van der Waals surface area (Å²) in [5.74, 6) is -4.90. The molecule has 232 valence electrons. The molecule has 1 aliphatic carbocycles. The monoisotopic (exact) mass is 635 g/mol. The standard InChI is InChI=1S/C32H36ClF2NO6S/c1-3-5-9-16-42-32(40)24-14-8-7-13-23(24)31(39)36(30(38)21-11-10-12-22(34)17-21)27-19-28(25(33)18-26(27)35)43-20-29(37)41-15-6-4-2/h10-12,17-19H,3-9,13-16,20H2,1-2H3. The summed E-state index contributed by atoms with van der Waals surface area (Å²) in [4.78, 5) is 53.9. The molecule has 7 nitrogen and oxygen atoms in total. The molecular weight excluding hydrogens is 600 g/mol. The van der Waals surface area contributed by atoms with E-state index in [1.807, 2.05) is 13.8 Å². The molecule has 3 rings (SSSR count). The molecule has 0 saturated carbocycles. The first-order valence-corrected chi connectivity index (χ1v) is 15.8. The number of hydrogen-bond acceptors (Lipinski definition) is 7. The van der Waals surface area contributed by atoms with E-state index in [1.165, 1.54) is 18.2 Å². The number of carbonyl (C=O) groups excluding carboxylic acids is 4. The molecule has 0 fully saturated rings. The molecule has 0 unspecified atom stereocenters. The third kappa shape index (κ3) is 9.63. The van der Waals surface area contributed by atoms with Gasteiger partial charge in [0, 0.05) is 21.6 Å². The Morgan fingerprint density at radius 2 is 1.58 bits per heavy atom. The topological polar surface area (TPSA) is 90.0 Å². The number of nitrogens with zero attached hydrogens (tertiary/aromatic N) is 1. The largest absolute Gasteiger partial charge is 0.465 e. The van der Waals surface area contributed by atoms with Crippen LogP contribution in [0.1, 0.15) is 82.0 Å². The Morgan fingerprint density at radius 3 is 2.28 bits per heavy atom.